The third-order valence-electron chi connectivity index (χ3n) is 3.34. The van der Waals surface area contributed by atoms with Gasteiger partial charge in [0.2, 0.25) is 5.13 Å². The van der Waals surface area contributed by atoms with Crippen LogP contribution in [0.2, 0.25) is 0 Å². The van der Waals surface area contributed by atoms with Crippen LogP contribution in [-0.2, 0) is 6.42 Å². The number of thiazole rings is 1. The fourth-order valence-corrected chi connectivity index (χ4v) is 3.07. The number of anilines is 1. The van der Waals surface area contributed by atoms with Crippen LogP contribution in [0.3, 0.4) is 0 Å². The van der Waals surface area contributed by atoms with Crippen molar-refractivity contribution in [1.29, 1.82) is 0 Å². The van der Waals surface area contributed by atoms with Crippen LogP contribution in [0.5, 0.6) is 0 Å². The molecular weight excluding hydrogens is 287 g/mol. The molecule has 0 spiro atoms. The van der Waals surface area contributed by atoms with Crippen molar-refractivity contribution >= 4 is 22.0 Å². The number of halogens is 1. The normalized spacial score (nSPS) is 21.3. The molecule has 0 bridgehead atoms. The maximum Gasteiger partial charge on any atom is 0.205 e. The minimum Gasteiger partial charge on any atom is -0.375 e. The summed E-state index contributed by atoms with van der Waals surface area (Å²) in [6.07, 6.45) is 2.66. The van der Waals surface area contributed by atoms with Crippen molar-refractivity contribution in [1.82, 2.24) is 4.98 Å². The molecule has 1 unspecified atom stereocenters. The Bertz CT molecular complexity index is 708. The molecule has 0 fully saturated rings. The first kappa shape index (κ1) is 13.9. The first-order chi connectivity index (χ1) is 10.1. The van der Waals surface area contributed by atoms with Gasteiger partial charge in [0.15, 0.2) is 5.13 Å². The molecule has 4 nitrogen and oxygen atoms in total. The van der Waals surface area contributed by atoms with Crippen molar-refractivity contribution in [3.8, 4) is 0 Å². The average molecular weight is 302 g/mol. The van der Waals surface area contributed by atoms with Crippen molar-refractivity contribution in [2.24, 2.45) is 10.2 Å². The van der Waals surface area contributed by atoms with E-state index in [2.05, 4.69) is 15.2 Å². The van der Waals surface area contributed by atoms with Crippen molar-refractivity contribution in [2.45, 2.75) is 18.9 Å². The van der Waals surface area contributed by atoms with Crippen LogP contribution >= 0.6 is 11.3 Å². The summed E-state index contributed by atoms with van der Waals surface area (Å²) in [6, 6.07) is 10.0. The van der Waals surface area contributed by atoms with E-state index in [1.54, 1.807) is 0 Å². The molecule has 1 aromatic heterocycles. The zero-order chi connectivity index (χ0) is 14.9. The largest absolute Gasteiger partial charge is 0.375 e. The quantitative estimate of drug-likeness (QED) is 0.939. The van der Waals surface area contributed by atoms with E-state index in [9.17, 15) is 4.39 Å². The standard InChI is InChI=1S/C15H15FN4S/c1-15(7-10-5-3-2-4-6-10)8-11(9-18-20-15)12-13(16)21-14(17)19-12/h2-6,8H,7,9H2,1H3,(H2,17,19). The highest BCUT2D eigenvalue weighted by atomic mass is 32.1. The summed E-state index contributed by atoms with van der Waals surface area (Å²) in [5.74, 6) is 0. The molecule has 0 amide bonds. The van der Waals surface area contributed by atoms with Crippen LogP contribution in [0.15, 0.2) is 46.6 Å². The first-order valence-corrected chi connectivity index (χ1v) is 7.44. The minimum absolute atomic E-state index is 0.232. The van der Waals surface area contributed by atoms with E-state index < -0.39 is 5.54 Å². The smallest absolute Gasteiger partial charge is 0.205 e. The number of hydrogen-bond acceptors (Lipinski definition) is 5. The van der Waals surface area contributed by atoms with Gasteiger partial charge in [0.1, 0.15) is 11.2 Å². The van der Waals surface area contributed by atoms with Crippen molar-refractivity contribution in [3.63, 3.8) is 0 Å². The van der Waals surface area contributed by atoms with E-state index in [0.717, 1.165) is 22.5 Å². The van der Waals surface area contributed by atoms with Gasteiger partial charge in [0.25, 0.3) is 0 Å². The van der Waals surface area contributed by atoms with Gasteiger partial charge in [-0.15, -0.1) is 0 Å². The summed E-state index contributed by atoms with van der Waals surface area (Å²) >= 11 is 0.854. The van der Waals surface area contributed by atoms with Gasteiger partial charge in [-0.3, -0.25) is 0 Å². The van der Waals surface area contributed by atoms with Crippen molar-refractivity contribution < 1.29 is 4.39 Å². The van der Waals surface area contributed by atoms with Gasteiger partial charge in [0, 0.05) is 12.0 Å². The van der Waals surface area contributed by atoms with Gasteiger partial charge >= 0.3 is 0 Å². The Balaban J connectivity index is 1.91. The Hall–Kier alpha value is -2.08. The molecule has 1 aliphatic heterocycles. The SMILES string of the molecule is CC1(Cc2ccccc2)C=C(c2nc(N)sc2F)CN=N1. The average Bonchev–Trinajstić information content (AvgIpc) is 2.78. The van der Waals surface area contributed by atoms with Crippen molar-refractivity contribution in [3.05, 3.63) is 52.8 Å². The van der Waals surface area contributed by atoms with Crippen LogP contribution in [0, 0.1) is 5.13 Å². The van der Waals surface area contributed by atoms with Gasteiger partial charge in [0.05, 0.1) is 6.54 Å². The van der Waals surface area contributed by atoms with Gasteiger partial charge < -0.3 is 5.73 Å². The molecule has 0 radical (unpaired) electrons. The lowest BCUT2D eigenvalue weighted by atomic mass is 9.90. The highest BCUT2D eigenvalue weighted by Gasteiger charge is 2.27. The van der Waals surface area contributed by atoms with Crippen LogP contribution in [0.4, 0.5) is 9.52 Å². The summed E-state index contributed by atoms with van der Waals surface area (Å²) in [6.45, 7) is 2.32. The number of rotatable bonds is 3. The maximum absolute atomic E-state index is 13.8. The molecule has 2 heterocycles. The summed E-state index contributed by atoms with van der Waals surface area (Å²) < 4.78 is 13.8. The summed E-state index contributed by atoms with van der Waals surface area (Å²) in [4.78, 5) is 4.06. The second-order valence-electron chi connectivity index (χ2n) is 5.26. The molecule has 1 aromatic carbocycles. The lowest BCUT2D eigenvalue weighted by Crippen LogP contribution is -2.25. The number of nitrogens with zero attached hydrogens (tertiary/aromatic N) is 3. The Morgan fingerprint density at radius 1 is 1.33 bits per heavy atom. The van der Waals surface area contributed by atoms with Gasteiger partial charge in [-0.25, -0.2) is 4.98 Å². The Morgan fingerprint density at radius 3 is 2.76 bits per heavy atom. The van der Waals surface area contributed by atoms with E-state index in [0.29, 0.717) is 18.7 Å². The molecule has 1 aliphatic rings. The van der Waals surface area contributed by atoms with E-state index in [4.69, 9.17) is 5.73 Å². The zero-order valence-corrected chi connectivity index (χ0v) is 12.4. The molecule has 2 aromatic rings. The number of nitrogen functional groups attached to an aromatic ring is 1. The summed E-state index contributed by atoms with van der Waals surface area (Å²) in [7, 11) is 0. The van der Waals surface area contributed by atoms with E-state index in [1.165, 1.54) is 0 Å². The molecule has 6 heteroatoms. The number of azo groups is 1. The number of benzene rings is 1. The Morgan fingerprint density at radius 2 is 2.10 bits per heavy atom. The Kier molecular flexibility index (Phi) is 3.55. The number of hydrogen-bond donors (Lipinski definition) is 1. The van der Waals surface area contributed by atoms with Gasteiger partial charge in [-0.05, 0) is 18.6 Å². The fraction of sp³-hybridized carbons (Fsp3) is 0.267. The molecule has 3 rings (SSSR count). The highest BCUT2D eigenvalue weighted by molar-refractivity contribution is 7.14. The van der Waals surface area contributed by atoms with E-state index in [1.807, 2.05) is 43.3 Å². The second-order valence-corrected chi connectivity index (χ2v) is 6.24. The Labute approximate surface area is 126 Å². The number of aromatic nitrogens is 1. The predicted octanol–water partition coefficient (Wildman–Crippen LogP) is 3.72. The summed E-state index contributed by atoms with van der Waals surface area (Å²) in [5.41, 5.74) is 7.28. The van der Waals surface area contributed by atoms with Crippen LogP contribution in [-0.4, -0.2) is 17.1 Å². The second kappa shape index (κ2) is 5.37. The predicted molar refractivity (Wildman–Crippen MR) is 82.7 cm³/mol. The first-order valence-electron chi connectivity index (χ1n) is 6.62. The monoisotopic (exact) mass is 302 g/mol. The molecule has 1 atom stereocenters. The molecule has 108 valence electrons. The number of nitrogens with two attached hydrogens (primary N) is 1. The third-order valence-corrected chi connectivity index (χ3v) is 4.01. The molecule has 0 aliphatic carbocycles. The fourth-order valence-electron chi connectivity index (χ4n) is 2.48. The van der Waals surface area contributed by atoms with Crippen LogP contribution in [0.1, 0.15) is 18.2 Å². The topological polar surface area (TPSA) is 63.6 Å². The highest BCUT2D eigenvalue weighted by Crippen LogP contribution is 2.32. The van der Waals surface area contributed by atoms with Gasteiger partial charge in [-0.1, -0.05) is 41.7 Å². The molecule has 0 saturated carbocycles. The summed E-state index contributed by atoms with van der Waals surface area (Å²) in [5, 5.41) is 8.36. The van der Waals surface area contributed by atoms with E-state index in [-0.39, 0.29) is 10.3 Å². The van der Waals surface area contributed by atoms with E-state index >= 15 is 0 Å². The molecular formula is C15H15FN4S. The van der Waals surface area contributed by atoms with Gasteiger partial charge in [-0.2, -0.15) is 14.6 Å². The minimum atomic E-state index is -0.486. The van der Waals surface area contributed by atoms with Crippen LogP contribution in [0.25, 0.3) is 5.57 Å². The molecule has 0 saturated heterocycles. The third kappa shape index (κ3) is 3.00. The van der Waals surface area contributed by atoms with Crippen molar-refractivity contribution in [2.75, 3.05) is 12.3 Å². The van der Waals surface area contributed by atoms with Crippen LogP contribution < -0.4 is 5.73 Å². The zero-order valence-electron chi connectivity index (χ0n) is 11.6. The lowest BCUT2D eigenvalue weighted by molar-refractivity contribution is 0.536. The maximum atomic E-state index is 13.8. The molecule has 21 heavy (non-hydrogen) atoms. The lowest BCUT2D eigenvalue weighted by Gasteiger charge is -2.24. The molecule has 2 N–H and O–H groups in total.